The van der Waals surface area contributed by atoms with E-state index in [1.807, 2.05) is 31.2 Å². The van der Waals surface area contributed by atoms with Crippen LogP contribution in [0, 0.1) is 12.8 Å². The zero-order chi connectivity index (χ0) is 14.6. The molecule has 1 saturated heterocycles. The second-order valence-corrected chi connectivity index (χ2v) is 7.31. The van der Waals surface area contributed by atoms with Crippen LogP contribution in [-0.4, -0.2) is 44.7 Å². The summed E-state index contributed by atoms with van der Waals surface area (Å²) in [4.78, 5) is 0. The van der Waals surface area contributed by atoms with Gasteiger partial charge in [0.25, 0.3) is 0 Å². The zero-order valence-corrected chi connectivity index (χ0v) is 12.6. The van der Waals surface area contributed by atoms with Crippen molar-refractivity contribution in [2.24, 2.45) is 11.7 Å². The summed E-state index contributed by atoms with van der Waals surface area (Å²) in [6.07, 6.45) is 0.856. The first-order valence-corrected chi connectivity index (χ1v) is 8.49. The van der Waals surface area contributed by atoms with Gasteiger partial charge in [0.2, 0.25) is 10.0 Å². The number of nitrogens with zero attached hydrogens (tertiary/aromatic N) is 1. The lowest BCUT2D eigenvalue weighted by atomic mass is 10.1. The van der Waals surface area contributed by atoms with Crippen molar-refractivity contribution in [2.75, 3.05) is 32.0 Å². The van der Waals surface area contributed by atoms with Crippen LogP contribution in [0.2, 0.25) is 0 Å². The first-order valence-electron chi connectivity index (χ1n) is 6.88. The van der Waals surface area contributed by atoms with Crippen molar-refractivity contribution in [3.63, 3.8) is 0 Å². The van der Waals surface area contributed by atoms with Crippen molar-refractivity contribution >= 4 is 10.0 Å². The van der Waals surface area contributed by atoms with Crippen LogP contribution in [0.3, 0.4) is 0 Å². The van der Waals surface area contributed by atoms with Gasteiger partial charge in [-0.1, -0.05) is 17.7 Å². The van der Waals surface area contributed by atoms with Crippen LogP contribution in [-0.2, 0) is 10.0 Å². The van der Waals surface area contributed by atoms with Crippen molar-refractivity contribution in [1.82, 2.24) is 4.31 Å². The van der Waals surface area contributed by atoms with Crippen LogP contribution in [0.15, 0.2) is 24.3 Å². The molecule has 2 N–H and O–H groups in total. The Hall–Kier alpha value is -1.11. The maximum atomic E-state index is 12.1. The Morgan fingerprint density at radius 1 is 1.35 bits per heavy atom. The van der Waals surface area contributed by atoms with Gasteiger partial charge in [-0.2, -0.15) is 0 Å². The Morgan fingerprint density at radius 3 is 2.65 bits per heavy atom. The number of sulfonamides is 1. The Labute approximate surface area is 120 Å². The van der Waals surface area contributed by atoms with Crippen LogP contribution in [0.1, 0.15) is 12.0 Å². The van der Waals surface area contributed by atoms with Gasteiger partial charge >= 0.3 is 0 Å². The number of ether oxygens (including phenoxy) is 1. The molecule has 1 fully saturated rings. The molecule has 0 saturated carbocycles. The largest absolute Gasteiger partial charge is 0.492 e. The van der Waals surface area contributed by atoms with Crippen LogP contribution < -0.4 is 10.5 Å². The van der Waals surface area contributed by atoms with Gasteiger partial charge in [-0.05, 0) is 37.9 Å². The minimum atomic E-state index is -3.23. The highest BCUT2D eigenvalue weighted by Gasteiger charge is 2.30. The van der Waals surface area contributed by atoms with Crippen molar-refractivity contribution in [3.8, 4) is 5.75 Å². The summed E-state index contributed by atoms with van der Waals surface area (Å²) in [5.74, 6) is 1.01. The van der Waals surface area contributed by atoms with E-state index in [-0.39, 0.29) is 12.4 Å². The number of hydrogen-bond acceptors (Lipinski definition) is 4. The van der Waals surface area contributed by atoms with E-state index < -0.39 is 10.0 Å². The third-order valence-electron chi connectivity index (χ3n) is 3.61. The minimum Gasteiger partial charge on any atom is -0.492 e. The van der Waals surface area contributed by atoms with Gasteiger partial charge in [0.05, 0.1) is 5.75 Å². The average molecular weight is 298 g/mol. The highest BCUT2D eigenvalue weighted by atomic mass is 32.2. The van der Waals surface area contributed by atoms with Gasteiger partial charge in [0, 0.05) is 13.1 Å². The molecule has 112 valence electrons. The standard InChI is InChI=1S/C14H22N2O3S/c1-12-2-4-14(5-3-12)19-8-9-20(17,18)16-7-6-13(10-15)11-16/h2-5,13H,6-11,15H2,1H3/t13-/m0/s1. The van der Waals surface area contributed by atoms with Gasteiger partial charge in [0.1, 0.15) is 12.4 Å². The van der Waals surface area contributed by atoms with Crippen LogP contribution in [0.25, 0.3) is 0 Å². The molecular weight excluding hydrogens is 276 g/mol. The van der Waals surface area contributed by atoms with Crippen molar-refractivity contribution in [2.45, 2.75) is 13.3 Å². The monoisotopic (exact) mass is 298 g/mol. The molecule has 1 aromatic carbocycles. The maximum absolute atomic E-state index is 12.1. The van der Waals surface area contributed by atoms with E-state index in [2.05, 4.69) is 0 Å². The Balaban J connectivity index is 1.82. The Bertz CT molecular complexity index is 528. The molecule has 0 aliphatic carbocycles. The number of aryl methyl sites for hydroxylation is 1. The number of hydrogen-bond donors (Lipinski definition) is 1. The Morgan fingerprint density at radius 2 is 2.05 bits per heavy atom. The third-order valence-corrected chi connectivity index (χ3v) is 5.41. The summed E-state index contributed by atoms with van der Waals surface area (Å²) >= 11 is 0. The summed E-state index contributed by atoms with van der Waals surface area (Å²) in [7, 11) is -3.23. The molecule has 1 aliphatic heterocycles. The second kappa shape index (κ2) is 6.56. The smallest absolute Gasteiger partial charge is 0.217 e. The lowest BCUT2D eigenvalue weighted by Gasteiger charge is -2.16. The van der Waals surface area contributed by atoms with E-state index in [4.69, 9.17) is 10.5 Å². The van der Waals surface area contributed by atoms with E-state index >= 15 is 0 Å². The maximum Gasteiger partial charge on any atom is 0.217 e. The predicted octanol–water partition coefficient (Wildman–Crippen LogP) is 0.984. The minimum absolute atomic E-state index is 0.0121. The number of nitrogens with two attached hydrogens (primary N) is 1. The fourth-order valence-electron chi connectivity index (χ4n) is 2.27. The molecule has 0 spiro atoms. The lowest BCUT2D eigenvalue weighted by molar-refractivity contribution is 0.336. The molecular formula is C14H22N2O3S. The van der Waals surface area contributed by atoms with Gasteiger partial charge in [-0.25, -0.2) is 12.7 Å². The predicted molar refractivity (Wildman–Crippen MR) is 79.2 cm³/mol. The SMILES string of the molecule is Cc1ccc(OCCS(=O)(=O)N2CC[C@@H](CN)C2)cc1. The summed E-state index contributed by atoms with van der Waals surface area (Å²) in [5, 5.41) is 0. The van der Waals surface area contributed by atoms with E-state index in [1.165, 1.54) is 4.31 Å². The van der Waals surface area contributed by atoms with Crippen molar-refractivity contribution in [3.05, 3.63) is 29.8 Å². The molecule has 0 amide bonds. The van der Waals surface area contributed by atoms with Crippen LogP contribution >= 0.6 is 0 Å². The number of benzene rings is 1. The molecule has 20 heavy (non-hydrogen) atoms. The molecule has 1 atom stereocenters. The molecule has 6 heteroatoms. The fourth-order valence-corrected chi connectivity index (χ4v) is 3.64. The molecule has 0 unspecified atom stereocenters. The highest BCUT2D eigenvalue weighted by molar-refractivity contribution is 7.89. The topological polar surface area (TPSA) is 72.6 Å². The van der Waals surface area contributed by atoms with Gasteiger partial charge in [-0.15, -0.1) is 0 Å². The molecule has 5 nitrogen and oxygen atoms in total. The lowest BCUT2D eigenvalue weighted by Crippen LogP contribution is -2.33. The number of rotatable bonds is 6. The highest BCUT2D eigenvalue weighted by Crippen LogP contribution is 2.19. The van der Waals surface area contributed by atoms with Crippen molar-refractivity contribution in [1.29, 1.82) is 0 Å². The average Bonchev–Trinajstić information content (AvgIpc) is 2.90. The quantitative estimate of drug-likeness (QED) is 0.850. The van der Waals surface area contributed by atoms with E-state index in [9.17, 15) is 8.42 Å². The van der Waals surface area contributed by atoms with E-state index in [1.54, 1.807) is 0 Å². The van der Waals surface area contributed by atoms with E-state index in [0.717, 1.165) is 12.0 Å². The molecule has 0 radical (unpaired) electrons. The second-order valence-electron chi connectivity index (χ2n) is 5.23. The van der Waals surface area contributed by atoms with E-state index in [0.29, 0.717) is 31.3 Å². The molecule has 0 bridgehead atoms. The fraction of sp³-hybridized carbons (Fsp3) is 0.571. The van der Waals surface area contributed by atoms with Gasteiger partial charge in [-0.3, -0.25) is 0 Å². The van der Waals surface area contributed by atoms with Crippen LogP contribution in [0.5, 0.6) is 5.75 Å². The Kier molecular flexibility index (Phi) is 5.01. The molecule has 1 heterocycles. The summed E-state index contributed by atoms with van der Waals surface area (Å²) in [6, 6.07) is 7.58. The third kappa shape index (κ3) is 3.94. The molecule has 1 aliphatic rings. The first-order chi connectivity index (χ1) is 9.51. The molecule has 0 aromatic heterocycles. The van der Waals surface area contributed by atoms with Gasteiger partial charge < -0.3 is 10.5 Å². The molecule has 1 aromatic rings. The zero-order valence-electron chi connectivity index (χ0n) is 11.8. The summed E-state index contributed by atoms with van der Waals surface area (Å²) in [5.41, 5.74) is 6.73. The normalized spacial score (nSPS) is 20.2. The van der Waals surface area contributed by atoms with Crippen molar-refractivity contribution < 1.29 is 13.2 Å². The summed E-state index contributed by atoms with van der Waals surface area (Å²) < 4.78 is 31.3. The first kappa shape index (κ1) is 15.3. The summed E-state index contributed by atoms with van der Waals surface area (Å²) in [6.45, 7) is 3.84. The van der Waals surface area contributed by atoms with Crippen LogP contribution in [0.4, 0.5) is 0 Å². The molecule has 2 rings (SSSR count). The van der Waals surface area contributed by atoms with Gasteiger partial charge in [0.15, 0.2) is 0 Å².